The van der Waals surface area contributed by atoms with Crippen molar-refractivity contribution in [2.75, 3.05) is 0 Å². The summed E-state index contributed by atoms with van der Waals surface area (Å²) >= 11 is 0. The maximum Gasteiger partial charge on any atom is 0.338 e. The fourth-order valence-electron chi connectivity index (χ4n) is 1.67. The van der Waals surface area contributed by atoms with E-state index in [9.17, 15) is 18.8 Å². The van der Waals surface area contributed by atoms with E-state index in [2.05, 4.69) is 0 Å². The molecule has 0 saturated heterocycles. The molecule has 132 valence electrons. The Kier molecular flexibility index (Phi) is 6.41. The Morgan fingerprint density at radius 2 is 2.00 bits per heavy atom. The summed E-state index contributed by atoms with van der Waals surface area (Å²) in [6.07, 6.45) is 1.01. The third kappa shape index (κ3) is 5.82. The maximum atomic E-state index is 14.0. The van der Waals surface area contributed by atoms with Crippen LogP contribution in [0.3, 0.4) is 0 Å². The molecule has 8 heteroatoms. The van der Waals surface area contributed by atoms with Gasteiger partial charge in [0.25, 0.3) is 0 Å². The van der Waals surface area contributed by atoms with Crippen LogP contribution in [0.4, 0.5) is 4.39 Å². The van der Waals surface area contributed by atoms with E-state index in [0.29, 0.717) is 0 Å². The predicted molar refractivity (Wildman–Crippen MR) is 75.5 cm³/mol. The summed E-state index contributed by atoms with van der Waals surface area (Å²) in [6.45, 7) is 5.07. The molecule has 0 bridgehead atoms. The van der Waals surface area contributed by atoms with Gasteiger partial charge in [-0.1, -0.05) is 6.07 Å². The van der Waals surface area contributed by atoms with Gasteiger partial charge in [-0.15, -0.1) is 0 Å². The van der Waals surface area contributed by atoms with Crippen LogP contribution < -0.4 is 5.32 Å². The fourth-order valence-corrected chi connectivity index (χ4v) is 1.67. The van der Waals surface area contributed by atoms with Gasteiger partial charge in [0.05, 0.1) is 5.56 Å². The number of carbonyl (C=O) groups excluding carboxylic acids is 2. The zero-order valence-electron chi connectivity index (χ0n) is 12.8. The minimum Gasteiger partial charge on any atom is -0.520 e. The first-order chi connectivity index (χ1) is 10.1. The number of halogens is 1. The molecular formula is C15H17FFmNO5-. The largest absolute Gasteiger partial charge is 0.520 e. The number of ether oxygens (including phenoxy) is 1. The molecule has 0 aliphatic rings. The molecule has 23 heavy (non-hydrogen) atoms. The average molecular weight is 567 g/mol. The van der Waals surface area contributed by atoms with E-state index in [1.807, 2.05) is 5.32 Å². The number of nitrogens with one attached hydrogen (secondary N) is 1. The minimum absolute atomic E-state index is 0. The Labute approximate surface area is 127 Å². The third-order valence-electron chi connectivity index (χ3n) is 2.64. The number of hydrogen-bond acceptors (Lipinski definition) is 4. The topological polar surface area (TPSA) is 92.7 Å². The van der Waals surface area contributed by atoms with E-state index < -0.39 is 29.4 Å². The number of benzene rings is 1. The van der Waals surface area contributed by atoms with Crippen LogP contribution in [0, 0.1) is 5.82 Å². The Bertz CT molecular complexity index is 586. The average Bonchev–Trinajstić information content (AvgIpc) is 2.37. The molecule has 1 amide bonds. The van der Waals surface area contributed by atoms with E-state index in [1.54, 1.807) is 20.8 Å². The summed E-state index contributed by atoms with van der Waals surface area (Å²) in [6, 6.07) is 2.32. The van der Waals surface area contributed by atoms with Crippen molar-refractivity contribution < 1.29 is 28.6 Å². The van der Waals surface area contributed by atoms with E-state index in [0.717, 1.165) is 6.07 Å². The van der Waals surface area contributed by atoms with Crippen LogP contribution in [0.25, 0.3) is 0 Å². The number of esters is 1. The molecule has 0 aliphatic heterocycles. The molecule has 1 aromatic carbocycles. The number of rotatable bonds is 6. The van der Waals surface area contributed by atoms with Crippen molar-refractivity contribution in [1.29, 1.82) is 0 Å². The molecule has 0 saturated carbocycles. The first-order valence-corrected chi connectivity index (χ1v) is 6.51. The molecule has 0 aliphatic carbocycles. The molecule has 0 heterocycles. The number of carboxylic acid groups (broad SMARTS) is 1. The van der Waals surface area contributed by atoms with Crippen LogP contribution in [0.2, 0.25) is 0 Å². The molecule has 0 fully saturated rings. The van der Waals surface area contributed by atoms with Crippen LogP contribution in [-0.2, 0) is 20.7 Å². The zero-order valence-corrected chi connectivity index (χ0v) is 15.2. The zero-order chi connectivity index (χ0) is 16.9. The van der Waals surface area contributed by atoms with Gasteiger partial charge in [0, 0.05) is 6.42 Å². The Balaban J connectivity index is 0.00000484. The SMILES string of the molecule is CC(C)(C)OC(=O)c1ccc(C[C@H](N[C-]=O)C(=O)O)c(F)c1.[Fm]. The van der Waals surface area contributed by atoms with Crippen LogP contribution >= 0.6 is 0 Å². The quantitative estimate of drug-likeness (QED) is 0.309. The Morgan fingerprint density at radius 1 is 1.39 bits per heavy atom. The summed E-state index contributed by atoms with van der Waals surface area (Å²) in [5.41, 5.74) is -0.620. The van der Waals surface area contributed by atoms with Gasteiger partial charge in [0.15, 0.2) is 0 Å². The van der Waals surface area contributed by atoms with Gasteiger partial charge in [0.1, 0.15) is 17.5 Å². The third-order valence-corrected chi connectivity index (χ3v) is 2.64. The monoisotopic (exact) mass is 567 g/mol. The van der Waals surface area contributed by atoms with Crippen molar-refractivity contribution in [2.24, 2.45) is 0 Å². The summed E-state index contributed by atoms with van der Waals surface area (Å²) < 4.78 is 19.1. The first-order valence-electron chi connectivity index (χ1n) is 6.51. The normalized spacial score (nSPS) is 11.8. The first kappa shape index (κ1) is 19.6. The number of amides is 1. The molecule has 2 N–H and O–H groups in total. The van der Waals surface area contributed by atoms with Gasteiger partial charge in [-0.2, -0.15) is 6.41 Å². The number of aliphatic carboxylic acids is 1. The van der Waals surface area contributed by atoms with E-state index in [1.165, 1.54) is 18.5 Å². The molecule has 1 rings (SSSR count). The van der Waals surface area contributed by atoms with Gasteiger partial charge in [-0.3, -0.25) is 4.79 Å². The molecule has 0 aromatic heterocycles. The maximum absolute atomic E-state index is 14.0. The molecular weight excluding hydrogens is 550 g/mol. The van der Waals surface area contributed by atoms with Crippen molar-refractivity contribution in [3.05, 3.63) is 35.1 Å². The van der Waals surface area contributed by atoms with Crippen molar-refractivity contribution in [2.45, 2.75) is 38.8 Å². The Hall–Kier alpha value is -3.44. The number of hydrogen-bond donors (Lipinski definition) is 2. The second-order valence-corrected chi connectivity index (χ2v) is 5.65. The van der Waals surface area contributed by atoms with Gasteiger partial charge >= 0.3 is 11.9 Å². The molecule has 0 radical (unpaired) electrons. The fraction of sp³-hybridized carbons (Fsp3) is 0.400. The van der Waals surface area contributed by atoms with Gasteiger partial charge in [-0.05, 0) is 38.5 Å². The number of carbonyl (C=O) groups is 2. The molecule has 0 spiro atoms. The molecule has 1 aromatic rings. The van der Waals surface area contributed by atoms with Crippen LogP contribution in [-0.4, -0.2) is 35.1 Å². The van der Waals surface area contributed by atoms with Gasteiger partial charge < -0.3 is 20.0 Å². The van der Waals surface area contributed by atoms with E-state index in [4.69, 9.17) is 9.84 Å². The van der Waals surface area contributed by atoms with Crippen LogP contribution in [0.15, 0.2) is 18.2 Å². The second-order valence-electron chi connectivity index (χ2n) is 5.65. The van der Waals surface area contributed by atoms with E-state index in [-0.39, 0.29) is 17.5 Å². The van der Waals surface area contributed by atoms with Crippen molar-refractivity contribution in [1.82, 2.24) is 5.32 Å². The predicted octanol–water partition coefficient (Wildman–Crippen LogP) is 1.43. The number of carboxylic acids is 1. The Morgan fingerprint density at radius 3 is 2.43 bits per heavy atom. The van der Waals surface area contributed by atoms with Gasteiger partial charge in [0.2, 0.25) is 0 Å². The van der Waals surface area contributed by atoms with Crippen LogP contribution in [0.1, 0.15) is 36.7 Å². The van der Waals surface area contributed by atoms with E-state index >= 15 is 0 Å². The molecule has 6 nitrogen and oxygen atoms in total. The second kappa shape index (κ2) is 7.53. The summed E-state index contributed by atoms with van der Waals surface area (Å²) in [5, 5.41) is 10.9. The van der Waals surface area contributed by atoms with Crippen molar-refractivity contribution in [3.8, 4) is 0 Å². The summed E-state index contributed by atoms with van der Waals surface area (Å²) in [5.74, 6) is -2.73. The van der Waals surface area contributed by atoms with Crippen molar-refractivity contribution >= 4 is 18.3 Å². The smallest absolute Gasteiger partial charge is 0.338 e. The van der Waals surface area contributed by atoms with Crippen LogP contribution in [0.5, 0.6) is 0 Å². The standard InChI is InChI=1S/C15H17FNO5.Fm/c1-15(2,3)22-14(21)10-5-4-9(11(16)6-10)7-12(13(19)20)17-8-18;/h4-6,12H,7H2,1-3H3,(H,17,18)(H,19,20);/q-1;/t12-;/m0./s1. The minimum atomic E-state index is -1.31. The van der Waals surface area contributed by atoms with Gasteiger partial charge in [-0.25, -0.2) is 9.18 Å². The summed E-state index contributed by atoms with van der Waals surface area (Å²) in [7, 11) is 0. The molecule has 0 unspecified atom stereocenters. The molecule has 1 atom stereocenters. The summed E-state index contributed by atoms with van der Waals surface area (Å²) in [4.78, 5) is 32.9. The van der Waals surface area contributed by atoms with Crippen molar-refractivity contribution in [3.63, 3.8) is 0 Å².